The number of para-hydroxylation sites is 1. The first kappa shape index (κ1) is 16.5. The van der Waals surface area contributed by atoms with Gasteiger partial charge in [-0.3, -0.25) is 10.1 Å². The lowest BCUT2D eigenvalue weighted by Gasteiger charge is -2.29. The summed E-state index contributed by atoms with van der Waals surface area (Å²) < 4.78 is 0. The summed E-state index contributed by atoms with van der Waals surface area (Å²) in [6.07, 6.45) is 4.21. The molecule has 1 aromatic heterocycles. The van der Waals surface area contributed by atoms with Gasteiger partial charge in [0.1, 0.15) is 0 Å². The molecule has 0 saturated carbocycles. The predicted octanol–water partition coefficient (Wildman–Crippen LogP) is 3.64. The van der Waals surface area contributed by atoms with Crippen LogP contribution in [0.15, 0.2) is 60.7 Å². The fraction of sp³-hybridized carbons (Fsp3) is 0.143. The molecule has 2 heterocycles. The molecule has 0 radical (unpaired) electrons. The predicted molar refractivity (Wildman–Crippen MR) is 109 cm³/mol. The van der Waals surface area contributed by atoms with E-state index in [9.17, 15) is 4.79 Å². The van der Waals surface area contributed by atoms with E-state index in [1.165, 1.54) is 22.7 Å². The lowest BCUT2D eigenvalue weighted by molar-refractivity contribution is -0.115. The second kappa shape index (κ2) is 7.14. The van der Waals surface area contributed by atoms with E-state index in [4.69, 9.17) is 12.2 Å². The second-order valence-corrected chi connectivity index (χ2v) is 6.72. The maximum atomic E-state index is 12.1. The first-order chi connectivity index (χ1) is 12.7. The first-order valence-electron chi connectivity index (χ1n) is 8.62. The van der Waals surface area contributed by atoms with Crippen LogP contribution in [0.4, 0.5) is 0 Å². The highest BCUT2D eigenvalue weighted by Crippen LogP contribution is 2.27. The summed E-state index contributed by atoms with van der Waals surface area (Å²) in [4.78, 5) is 17.6. The molecule has 2 aromatic carbocycles. The van der Waals surface area contributed by atoms with E-state index in [1.54, 1.807) is 6.08 Å². The van der Waals surface area contributed by atoms with Crippen molar-refractivity contribution in [3.8, 4) is 0 Å². The summed E-state index contributed by atoms with van der Waals surface area (Å²) in [7, 11) is 0. The lowest BCUT2D eigenvalue weighted by Crippen LogP contribution is -2.44. The molecule has 0 fully saturated rings. The Hall–Kier alpha value is -2.92. The molecule has 0 unspecified atom stereocenters. The number of hydrogen-bond donors (Lipinski definition) is 2. The number of nitrogens with one attached hydrogen (secondary N) is 2. The van der Waals surface area contributed by atoms with E-state index in [0.717, 1.165) is 24.0 Å². The number of carbonyl (C=O) groups is 1. The number of hydrogen-bond acceptors (Lipinski definition) is 2. The molecular formula is C21H19N3OS. The van der Waals surface area contributed by atoms with Crippen molar-refractivity contribution in [3.05, 3.63) is 77.5 Å². The Labute approximate surface area is 157 Å². The molecule has 5 heteroatoms. The quantitative estimate of drug-likeness (QED) is 0.541. The molecule has 4 nitrogen and oxygen atoms in total. The number of benzene rings is 2. The number of rotatable bonds is 2. The Morgan fingerprint density at radius 2 is 1.88 bits per heavy atom. The fourth-order valence-corrected chi connectivity index (χ4v) is 3.58. The topological polar surface area (TPSA) is 48.1 Å². The highest BCUT2D eigenvalue weighted by atomic mass is 32.1. The zero-order valence-electron chi connectivity index (χ0n) is 14.2. The standard InChI is InChI=1S/C21H19N3OS/c25-20(11-10-15-6-2-1-3-7-15)23-21(26)24-13-12-17-16-8-4-5-9-18(16)22-19(17)14-24/h1-11,22H,12-14H2,(H,23,25,26)/b11-10+. The van der Waals surface area contributed by atoms with Crippen molar-refractivity contribution in [3.63, 3.8) is 0 Å². The van der Waals surface area contributed by atoms with E-state index < -0.39 is 0 Å². The third-order valence-corrected chi connectivity index (χ3v) is 4.99. The molecule has 0 atom stereocenters. The van der Waals surface area contributed by atoms with Crippen LogP contribution >= 0.6 is 12.2 Å². The summed E-state index contributed by atoms with van der Waals surface area (Å²) in [5.41, 5.74) is 4.66. The Bertz CT molecular complexity index is 991. The molecule has 4 rings (SSSR count). The molecule has 0 saturated heterocycles. The number of amides is 1. The second-order valence-electron chi connectivity index (χ2n) is 6.34. The van der Waals surface area contributed by atoms with Crippen LogP contribution in [-0.4, -0.2) is 27.4 Å². The number of fused-ring (bicyclic) bond motifs is 3. The maximum absolute atomic E-state index is 12.1. The van der Waals surface area contributed by atoms with Gasteiger partial charge >= 0.3 is 0 Å². The Morgan fingerprint density at radius 3 is 2.73 bits per heavy atom. The van der Waals surface area contributed by atoms with Crippen LogP contribution in [0, 0.1) is 0 Å². The van der Waals surface area contributed by atoms with Crippen molar-refractivity contribution in [1.29, 1.82) is 0 Å². The Morgan fingerprint density at radius 1 is 1.12 bits per heavy atom. The van der Waals surface area contributed by atoms with Gasteiger partial charge in [0, 0.05) is 29.2 Å². The van der Waals surface area contributed by atoms with E-state index >= 15 is 0 Å². The Kier molecular flexibility index (Phi) is 4.54. The number of aromatic amines is 1. The minimum atomic E-state index is -0.207. The number of H-pyrrole nitrogens is 1. The largest absolute Gasteiger partial charge is 0.357 e. The molecule has 1 amide bonds. The van der Waals surface area contributed by atoms with Crippen molar-refractivity contribution in [2.45, 2.75) is 13.0 Å². The first-order valence-corrected chi connectivity index (χ1v) is 9.03. The van der Waals surface area contributed by atoms with Crippen LogP contribution in [0.3, 0.4) is 0 Å². The summed E-state index contributed by atoms with van der Waals surface area (Å²) in [6.45, 7) is 1.49. The molecule has 26 heavy (non-hydrogen) atoms. The van der Waals surface area contributed by atoms with E-state index in [1.807, 2.05) is 41.3 Å². The van der Waals surface area contributed by atoms with Crippen LogP contribution in [0.5, 0.6) is 0 Å². The van der Waals surface area contributed by atoms with Crippen molar-refractivity contribution in [1.82, 2.24) is 15.2 Å². The van der Waals surface area contributed by atoms with Gasteiger partial charge in [0.2, 0.25) is 5.91 Å². The number of thiocarbonyl (C=S) groups is 1. The average Bonchev–Trinajstić information content (AvgIpc) is 3.05. The van der Waals surface area contributed by atoms with Gasteiger partial charge in [0.15, 0.2) is 5.11 Å². The molecule has 130 valence electrons. The SMILES string of the molecule is O=C(/C=C/c1ccccc1)NC(=S)N1CCc2c([nH]c3ccccc23)C1. The minimum absolute atomic E-state index is 0.207. The zero-order valence-corrected chi connectivity index (χ0v) is 15.1. The smallest absolute Gasteiger partial charge is 0.250 e. The number of nitrogens with zero attached hydrogens (tertiary/aromatic N) is 1. The normalized spacial score (nSPS) is 13.8. The van der Waals surface area contributed by atoms with Crippen LogP contribution in [0.1, 0.15) is 16.8 Å². The van der Waals surface area contributed by atoms with Crippen LogP contribution < -0.4 is 5.32 Å². The van der Waals surface area contributed by atoms with Crippen LogP contribution in [0.25, 0.3) is 17.0 Å². The van der Waals surface area contributed by atoms with Gasteiger partial charge in [0.25, 0.3) is 0 Å². The van der Waals surface area contributed by atoms with Gasteiger partial charge in [0.05, 0.1) is 6.54 Å². The summed E-state index contributed by atoms with van der Waals surface area (Å²) in [5.74, 6) is -0.207. The van der Waals surface area contributed by atoms with Gasteiger partial charge in [-0.15, -0.1) is 0 Å². The summed E-state index contributed by atoms with van der Waals surface area (Å²) in [5, 5.41) is 4.55. The highest BCUT2D eigenvalue weighted by molar-refractivity contribution is 7.80. The molecular weight excluding hydrogens is 342 g/mol. The Balaban J connectivity index is 1.41. The van der Waals surface area contributed by atoms with Crippen molar-refractivity contribution < 1.29 is 4.79 Å². The third-order valence-electron chi connectivity index (χ3n) is 4.63. The van der Waals surface area contributed by atoms with Gasteiger partial charge < -0.3 is 9.88 Å². The van der Waals surface area contributed by atoms with E-state index in [0.29, 0.717) is 11.7 Å². The van der Waals surface area contributed by atoms with Crippen molar-refractivity contribution in [2.24, 2.45) is 0 Å². The fourth-order valence-electron chi connectivity index (χ4n) is 3.33. The van der Waals surface area contributed by atoms with Gasteiger partial charge in [-0.05, 0) is 41.9 Å². The molecule has 0 bridgehead atoms. The molecule has 0 aliphatic carbocycles. The molecule has 3 aromatic rings. The van der Waals surface area contributed by atoms with E-state index in [-0.39, 0.29) is 5.91 Å². The monoisotopic (exact) mass is 361 g/mol. The molecule has 2 N–H and O–H groups in total. The molecule has 1 aliphatic rings. The van der Waals surface area contributed by atoms with Crippen molar-refractivity contribution >= 4 is 40.2 Å². The molecule has 0 spiro atoms. The number of aromatic nitrogens is 1. The summed E-state index contributed by atoms with van der Waals surface area (Å²) in [6, 6.07) is 18.1. The van der Waals surface area contributed by atoms with Gasteiger partial charge in [-0.25, -0.2) is 0 Å². The highest BCUT2D eigenvalue weighted by Gasteiger charge is 2.22. The zero-order chi connectivity index (χ0) is 17.9. The van der Waals surface area contributed by atoms with Gasteiger partial charge in [-0.2, -0.15) is 0 Å². The lowest BCUT2D eigenvalue weighted by atomic mass is 10.0. The summed E-state index contributed by atoms with van der Waals surface area (Å²) >= 11 is 5.44. The third kappa shape index (κ3) is 3.39. The van der Waals surface area contributed by atoms with Gasteiger partial charge in [-0.1, -0.05) is 48.5 Å². The van der Waals surface area contributed by atoms with Crippen LogP contribution in [-0.2, 0) is 17.8 Å². The minimum Gasteiger partial charge on any atom is -0.357 e. The van der Waals surface area contributed by atoms with Crippen LogP contribution in [0.2, 0.25) is 0 Å². The number of carbonyl (C=O) groups excluding carboxylic acids is 1. The maximum Gasteiger partial charge on any atom is 0.250 e. The van der Waals surface area contributed by atoms with Crippen molar-refractivity contribution in [2.75, 3.05) is 6.54 Å². The average molecular weight is 361 g/mol. The molecule has 1 aliphatic heterocycles. The van der Waals surface area contributed by atoms with E-state index in [2.05, 4.69) is 28.5 Å².